The number of hydrogen-bond donors (Lipinski definition) is 1. The van der Waals surface area contributed by atoms with Crippen LogP contribution in [0.1, 0.15) is 21.9 Å². The van der Waals surface area contributed by atoms with Crippen molar-refractivity contribution < 1.29 is 9.21 Å². The van der Waals surface area contributed by atoms with Crippen molar-refractivity contribution in [2.75, 3.05) is 5.32 Å². The molecule has 0 spiro atoms. The van der Waals surface area contributed by atoms with Crippen LogP contribution in [0.25, 0.3) is 0 Å². The van der Waals surface area contributed by atoms with Gasteiger partial charge in [0, 0.05) is 5.69 Å². The van der Waals surface area contributed by atoms with E-state index in [1.807, 2.05) is 61.5 Å². The molecular formula is C19H16N2O2. The molecule has 0 bridgehead atoms. The molecule has 0 atom stereocenters. The number of furan rings is 1. The third-order valence-corrected chi connectivity index (χ3v) is 3.27. The Morgan fingerprint density at radius 1 is 1.00 bits per heavy atom. The second kappa shape index (κ2) is 6.75. The number of hydrogen-bond acceptors (Lipinski definition) is 3. The van der Waals surface area contributed by atoms with Gasteiger partial charge in [-0.1, -0.05) is 30.3 Å². The van der Waals surface area contributed by atoms with E-state index < -0.39 is 0 Å². The van der Waals surface area contributed by atoms with Crippen molar-refractivity contribution >= 4 is 23.5 Å². The highest BCUT2D eigenvalue weighted by atomic mass is 16.3. The van der Waals surface area contributed by atoms with Crippen LogP contribution in [0.2, 0.25) is 0 Å². The Morgan fingerprint density at radius 2 is 1.74 bits per heavy atom. The first-order valence-corrected chi connectivity index (χ1v) is 7.28. The van der Waals surface area contributed by atoms with E-state index in [1.165, 1.54) is 0 Å². The molecule has 1 N–H and O–H groups in total. The first-order valence-electron chi connectivity index (χ1n) is 7.28. The Bertz CT molecular complexity index is 835. The molecule has 1 aromatic heterocycles. The van der Waals surface area contributed by atoms with Gasteiger partial charge in [-0.05, 0) is 43.3 Å². The monoisotopic (exact) mass is 304 g/mol. The molecule has 0 aliphatic rings. The Kier molecular flexibility index (Phi) is 4.34. The Balaban J connectivity index is 1.82. The van der Waals surface area contributed by atoms with E-state index >= 15 is 0 Å². The van der Waals surface area contributed by atoms with E-state index in [2.05, 4.69) is 10.3 Å². The fraction of sp³-hybridized carbons (Fsp3) is 0.0526. The molecule has 1 heterocycles. The number of carbonyl (C=O) groups excluding carboxylic acids is 1. The third-order valence-electron chi connectivity index (χ3n) is 3.27. The van der Waals surface area contributed by atoms with Crippen LogP contribution in [-0.4, -0.2) is 12.1 Å². The van der Waals surface area contributed by atoms with E-state index in [0.717, 1.165) is 11.4 Å². The summed E-state index contributed by atoms with van der Waals surface area (Å²) in [6.45, 7) is 1.87. The second-order valence-electron chi connectivity index (χ2n) is 5.04. The number of amides is 1. The molecule has 0 unspecified atom stereocenters. The maximum atomic E-state index is 12.4. The standard InChI is InChI=1S/C19H16N2O2/c1-14-11-12-16(23-14)13-20-18-10-6-5-9-17(18)19(22)21-15-7-3-2-4-8-15/h2-13H,1H3,(H,21,22). The number of rotatable bonds is 4. The van der Waals surface area contributed by atoms with Crippen molar-refractivity contribution in [1.82, 2.24) is 0 Å². The van der Waals surface area contributed by atoms with Gasteiger partial charge in [0.25, 0.3) is 5.91 Å². The van der Waals surface area contributed by atoms with Crippen molar-refractivity contribution in [3.63, 3.8) is 0 Å². The molecule has 0 aliphatic heterocycles. The Morgan fingerprint density at radius 3 is 2.48 bits per heavy atom. The summed E-state index contributed by atoms with van der Waals surface area (Å²) in [6.07, 6.45) is 1.61. The van der Waals surface area contributed by atoms with Crippen LogP contribution in [0.15, 0.2) is 76.1 Å². The molecule has 1 amide bonds. The molecule has 23 heavy (non-hydrogen) atoms. The maximum absolute atomic E-state index is 12.4. The van der Waals surface area contributed by atoms with Crippen molar-refractivity contribution in [2.45, 2.75) is 6.92 Å². The van der Waals surface area contributed by atoms with Crippen LogP contribution in [0.3, 0.4) is 0 Å². The molecule has 0 saturated carbocycles. The van der Waals surface area contributed by atoms with E-state index in [1.54, 1.807) is 18.3 Å². The number of para-hydroxylation sites is 2. The van der Waals surface area contributed by atoms with E-state index in [4.69, 9.17) is 4.42 Å². The maximum Gasteiger partial charge on any atom is 0.257 e. The first kappa shape index (κ1) is 14.8. The lowest BCUT2D eigenvalue weighted by Gasteiger charge is -2.07. The summed E-state index contributed by atoms with van der Waals surface area (Å²) in [6, 6.07) is 20.3. The fourth-order valence-electron chi connectivity index (χ4n) is 2.15. The predicted octanol–water partition coefficient (Wildman–Crippen LogP) is 4.59. The lowest BCUT2D eigenvalue weighted by atomic mass is 10.1. The van der Waals surface area contributed by atoms with Gasteiger partial charge in [0.05, 0.1) is 17.5 Å². The minimum atomic E-state index is -0.195. The van der Waals surface area contributed by atoms with E-state index in [9.17, 15) is 4.79 Å². The molecule has 114 valence electrons. The van der Waals surface area contributed by atoms with Gasteiger partial charge in [-0.3, -0.25) is 9.79 Å². The number of anilines is 1. The molecule has 0 saturated heterocycles. The van der Waals surface area contributed by atoms with E-state index in [-0.39, 0.29) is 5.91 Å². The first-order chi connectivity index (χ1) is 11.2. The lowest BCUT2D eigenvalue weighted by molar-refractivity contribution is 0.102. The second-order valence-corrected chi connectivity index (χ2v) is 5.04. The van der Waals surface area contributed by atoms with Gasteiger partial charge in [0.15, 0.2) is 0 Å². The van der Waals surface area contributed by atoms with Gasteiger partial charge >= 0.3 is 0 Å². The quantitative estimate of drug-likeness (QED) is 0.717. The number of nitrogens with one attached hydrogen (secondary N) is 1. The van der Waals surface area contributed by atoms with Crippen molar-refractivity contribution in [3.05, 3.63) is 83.8 Å². The zero-order valence-electron chi connectivity index (χ0n) is 12.7. The minimum Gasteiger partial charge on any atom is -0.460 e. The topological polar surface area (TPSA) is 54.6 Å². The molecule has 2 aromatic carbocycles. The smallest absolute Gasteiger partial charge is 0.257 e. The highest BCUT2D eigenvalue weighted by Gasteiger charge is 2.10. The molecule has 4 heteroatoms. The molecule has 0 aliphatic carbocycles. The largest absolute Gasteiger partial charge is 0.460 e. The normalized spacial score (nSPS) is 10.8. The summed E-state index contributed by atoms with van der Waals surface area (Å²) in [4.78, 5) is 16.8. The summed E-state index contributed by atoms with van der Waals surface area (Å²) in [5.74, 6) is 1.28. The number of carbonyl (C=O) groups is 1. The summed E-state index contributed by atoms with van der Waals surface area (Å²) in [7, 11) is 0. The van der Waals surface area contributed by atoms with Crippen molar-refractivity contribution in [1.29, 1.82) is 0 Å². The average molecular weight is 304 g/mol. The number of nitrogens with zero attached hydrogens (tertiary/aromatic N) is 1. The van der Waals surface area contributed by atoms with Crippen molar-refractivity contribution in [3.8, 4) is 0 Å². The van der Waals surface area contributed by atoms with Gasteiger partial charge < -0.3 is 9.73 Å². The zero-order chi connectivity index (χ0) is 16.1. The Hall–Kier alpha value is -3.14. The van der Waals surface area contributed by atoms with Gasteiger partial charge in [-0.15, -0.1) is 0 Å². The number of aryl methyl sites for hydroxylation is 1. The molecule has 3 rings (SSSR count). The average Bonchev–Trinajstić information content (AvgIpc) is 2.99. The van der Waals surface area contributed by atoms with E-state index in [0.29, 0.717) is 17.0 Å². The van der Waals surface area contributed by atoms with Crippen LogP contribution < -0.4 is 5.32 Å². The summed E-state index contributed by atoms with van der Waals surface area (Å²) >= 11 is 0. The molecule has 3 aromatic rings. The van der Waals surface area contributed by atoms with Gasteiger partial charge in [0.1, 0.15) is 11.5 Å². The lowest BCUT2D eigenvalue weighted by Crippen LogP contribution is -2.11. The van der Waals surface area contributed by atoms with Gasteiger partial charge in [-0.25, -0.2) is 0 Å². The van der Waals surface area contributed by atoms with Crippen molar-refractivity contribution in [2.24, 2.45) is 4.99 Å². The molecule has 0 fully saturated rings. The Labute approximate surface area is 134 Å². The van der Waals surface area contributed by atoms with Crippen LogP contribution >= 0.6 is 0 Å². The van der Waals surface area contributed by atoms with Crippen LogP contribution in [0.4, 0.5) is 11.4 Å². The minimum absolute atomic E-state index is 0.195. The van der Waals surface area contributed by atoms with Crippen LogP contribution in [-0.2, 0) is 0 Å². The highest BCUT2D eigenvalue weighted by Crippen LogP contribution is 2.20. The fourth-order valence-corrected chi connectivity index (χ4v) is 2.15. The highest BCUT2D eigenvalue weighted by molar-refractivity contribution is 6.08. The SMILES string of the molecule is Cc1ccc(C=Nc2ccccc2C(=O)Nc2ccccc2)o1. The zero-order valence-corrected chi connectivity index (χ0v) is 12.7. The van der Waals surface area contributed by atoms with Gasteiger partial charge in [0.2, 0.25) is 0 Å². The molecular weight excluding hydrogens is 288 g/mol. The third kappa shape index (κ3) is 3.74. The predicted molar refractivity (Wildman–Crippen MR) is 91.5 cm³/mol. The van der Waals surface area contributed by atoms with Gasteiger partial charge in [-0.2, -0.15) is 0 Å². The molecule has 0 radical (unpaired) electrons. The molecule has 4 nitrogen and oxygen atoms in total. The number of benzene rings is 2. The summed E-state index contributed by atoms with van der Waals surface area (Å²) < 4.78 is 5.45. The summed E-state index contributed by atoms with van der Waals surface area (Å²) in [5.41, 5.74) is 1.85. The number of aliphatic imine (C=N–C) groups is 1. The van der Waals surface area contributed by atoms with Crippen LogP contribution in [0.5, 0.6) is 0 Å². The summed E-state index contributed by atoms with van der Waals surface area (Å²) in [5, 5.41) is 2.86. The van der Waals surface area contributed by atoms with Crippen LogP contribution in [0, 0.1) is 6.92 Å².